The molecule has 16 heavy (non-hydrogen) atoms. The summed E-state index contributed by atoms with van der Waals surface area (Å²) >= 11 is 0. The summed E-state index contributed by atoms with van der Waals surface area (Å²) < 4.78 is 6.22. The second-order valence-electron chi connectivity index (χ2n) is 6.38. The first-order chi connectivity index (χ1) is 7.10. The van der Waals surface area contributed by atoms with Crippen molar-refractivity contribution in [2.24, 2.45) is 5.92 Å². The second-order valence-corrected chi connectivity index (χ2v) is 11.1. The average molecular weight is 244 g/mol. The molecule has 0 aromatic carbocycles. The number of hydrogen-bond donors (Lipinski definition) is 0. The lowest BCUT2D eigenvalue weighted by Crippen LogP contribution is -2.43. The Bertz CT molecular complexity index is 218. The first kappa shape index (κ1) is 15.8. The van der Waals surface area contributed by atoms with Crippen molar-refractivity contribution < 1.29 is 9.22 Å². The number of hydrogen-bond acceptors (Lipinski definition) is 2. The van der Waals surface area contributed by atoms with Crippen molar-refractivity contribution in [3.63, 3.8) is 0 Å². The van der Waals surface area contributed by atoms with Crippen molar-refractivity contribution in [1.82, 2.24) is 0 Å². The minimum Gasteiger partial charge on any atom is -0.414 e. The second kappa shape index (κ2) is 5.96. The van der Waals surface area contributed by atoms with Crippen LogP contribution in [0.5, 0.6) is 0 Å². The topological polar surface area (TPSA) is 26.3 Å². The summed E-state index contributed by atoms with van der Waals surface area (Å²) in [5.74, 6) is 0.158. The van der Waals surface area contributed by atoms with Gasteiger partial charge in [-0.3, -0.25) is 0 Å². The van der Waals surface area contributed by atoms with E-state index < -0.39 is 8.32 Å². The Morgan fingerprint density at radius 2 is 1.69 bits per heavy atom. The maximum atomic E-state index is 10.5. The van der Waals surface area contributed by atoms with Gasteiger partial charge in [0.2, 0.25) is 0 Å². The van der Waals surface area contributed by atoms with Crippen LogP contribution in [0.1, 0.15) is 47.5 Å². The third-order valence-corrected chi connectivity index (χ3v) is 8.17. The zero-order valence-electron chi connectivity index (χ0n) is 12.0. The molecule has 2 atom stereocenters. The smallest absolute Gasteiger partial charge is 0.192 e. The van der Waals surface area contributed by atoms with Crippen LogP contribution >= 0.6 is 0 Å². The largest absolute Gasteiger partial charge is 0.414 e. The van der Waals surface area contributed by atoms with Gasteiger partial charge in [0.05, 0.1) is 0 Å². The Hall–Kier alpha value is -0.153. The zero-order chi connectivity index (χ0) is 13.0. The van der Waals surface area contributed by atoms with Crippen LogP contribution in [0.25, 0.3) is 0 Å². The van der Waals surface area contributed by atoms with E-state index in [0.29, 0.717) is 0 Å². The Morgan fingerprint density at radius 1 is 1.19 bits per heavy atom. The molecule has 0 aliphatic heterocycles. The normalized spacial score (nSPS) is 16.9. The predicted octanol–water partition coefficient (Wildman–Crippen LogP) is 4.01. The highest BCUT2D eigenvalue weighted by Gasteiger charge is 2.38. The van der Waals surface area contributed by atoms with Crippen LogP contribution < -0.4 is 0 Å². The highest BCUT2D eigenvalue weighted by molar-refractivity contribution is 6.74. The number of rotatable bonds is 6. The monoisotopic (exact) mass is 244 g/mol. The Morgan fingerprint density at radius 3 is 2.06 bits per heavy atom. The van der Waals surface area contributed by atoms with E-state index in [4.69, 9.17) is 4.43 Å². The highest BCUT2D eigenvalue weighted by atomic mass is 28.4. The minimum absolute atomic E-state index is 0.158. The first-order valence-electron chi connectivity index (χ1n) is 6.23. The Kier molecular flexibility index (Phi) is 5.91. The third kappa shape index (κ3) is 5.26. The molecular weight excluding hydrogens is 216 g/mol. The molecular formula is C13H28O2Si. The van der Waals surface area contributed by atoms with Crippen molar-refractivity contribution in [3.8, 4) is 0 Å². The number of aldehydes is 1. The van der Waals surface area contributed by atoms with Crippen LogP contribution in [-0.2, 0) is 9.22 Å². The Labute approximate surface area is 102 Å². The molecule has 0 N–H and O–H groups in total. The van der Waals surface area contributed by atoms with Crippen molar-refractivity contribution in [2.45, 2.75) is 71.7 Å². The van der Waals surface area contributed by atoms with Crippen molar-refractivity contribution in [2.75, 3.05) is 0 Å². The molecule has 3 heteroatoms. The van der Waals surface area contributed by atoms with E-state index in [1.54, 1.807) is 0 Å². The zero-order valence-corrected chi connectivity index (χ0v) is 13.0. The molecule has 0 aromatic rings. The quantitative estimate of drug-likeness (QED) is 0.521. The highest BCUT2D eigenvalue weighted by Crippen LogP contribution is 2.37. The van der Waals surface area contributed by atoms with E-state index in [2.05, 4.69) is 40.8 Å². The molecule has 0 spiro atoms. The molecule has 0 saturated carbocycles. The molecule has 2 nitrogen and oxygen atoms in total. The maximum absolute atomic E-state index is 10.5. The van der Waals surface area contributed by atoms with Gasteiger partial charge in [-0.05, 0) is 37.9 Å². The fourth-order valence-electron chi connectivity index (χ4n) is 1.30. The molecule has 96 valence electrons. The molecule has 0 fully saturated rings. The average Bonchev–Trinajstić information content (AvgIpc) is 2.11. The third-order valence-electron chi connectivity index (χ3n) is 3.56. The van der Waals surface area contributed by atoms with E-state index in [0.717, 1.165) is 19.1 Å². The van der Waals surface area contributed by atoms with Gasteiger partial charge in [0, 0.05) is 12.0 Å². The molecule has 0 rings (SSSR count). The lowest BCUT2D eigenvalue weighted by atomic mass is 10.1. The molecule has 0 amide bonds. The minimum atomic E-state index is -1.64. The SMILES string of the molecule is C[C@H](CC[C@@H](C)C=O)O[Si](C)(C)C(C)(C)C. The van der Waals surface area contributed by atoms with Crippen molar-refractivity contribution in [3.05, 3.63) is 0 Å². The molecule has 0 heterocycles. The van der Waals surface area contributed by atoms with Crippen LogP contribution in [-0.4, -0.2) is 20.7 Å². The van der Waals surface area contributed by atoms with Gasteiger partial charge in [-0.15, -0.1) is 0 Å². The van der Waals surface area contributed by atoms with Crippen LogP contribution in [0.3, 0.4) is 0 Å². The lowest BCUT2D eigenvalue weighted by molar-refractivity contribution is -0.110. The van der Waals surface area contributed by atoms with Crippen molar-refractivity contribution >= 4 is 14.6 Å². The number of carbonyl (C=O) groups is 1. The first-order valence-corrected chi connectivity index (χ1v) is 9.14. The van der Waals surface area contributed by atoms with E-state index in [1.807, 2.05) is 6.92 Å². The molecule has 0 radical (unpaired) electrons. The van der Waals surface area contributed by atoms with Gasteiger partial charge in [0.15, 0.2) is 8.32 Å². The Balaban J connectivity index is 4.14. The summed E-state index contributed by atoms with van der Waals surface area (Å²) in [4.78, 5) is 10.5. The van der Waals surface area contributed by atoms with Crippen LogP contribution in [0.2, 0.25) is 18.1 Å². The molecule has 0 aromatic heterocycles. The van der Waals surface area contributed by atoms with Gasteiger partial charge in [-0.2, -0.15) is 0 Å². The van der Waals surface area contributed by atoms with Crippen LogP contribution in [0.4, 0.5) is 0 Å². The molecule has 0 saturated heterocycles. The van der Waals surface area contributed by atoms with E-state index in [1.165, 1.54) is 0 Å². The summed E-state index contributed by atoms with van der Waals surface area (Å²) in [5.41, 5.74) is 0. The van der Waals surface area contributed by atoms with E-state index in [-0.39, 0.29) is 17.1 Å². The summed E-state index contributed by atoms with van der Waals surface area (Å²) in [6, 6.07) is 0. The van der Waals surface area contributed by atoms with E-state index in [9.17, 15) is 4.79 Å². The van der Waals surface area contributed by atoms with Gasteiger partial charge in [-0.25, -0.2) is 0 Å². The fourth-order valence-corrected chi connectivity index (χ4v) is 2.78. The van der Waals surface area contributed by atoms with Crippen LogP contribution in [0, 0.1) is 5.92 Å². The summed E-state index contributed by atoms with van der Waals surface area (Å²) in [7, 11) is -1.64. The van der Waals surface area contributed by atoms with Gasteiger partial charge in [-0.1, -0.05) is 27.7 Å². The summed E-state index contributed by atoms with van der Waals surface area (Å²) in [5, 5.41) is 0.261. The maximum Gasteiger partial charge on any atom is 0.192 e. The lowest BCUT2D eigenvalue weighted by Gasteiger charge is -2.38. The van der Waals surface area contributed by atoms with Gasteiger partial charge < -0.3 is 9.22 Å². The summed E-state index contributed by atoms with van der Waals surface area (Å²) in [6.45, 7) is 15.4. The molecule has 0 unspecified atom stereocenters. The number of carbonyl (C=O) groups excluding carboxylic acids is 1. The molecule has 0 aliphatic carbocycles. The van der Waals surface area contributed by atoms with Gasteiger partial charge in [0.1, 0.15) is 6.29 Å². The van der Waals surface area contributed by atoms with Crippen LogP contribution in [0.15, 0.2) is 0 Å². The standard InChI is InChI=1S/C13H28O2Si/c1-11(10-14)8-9-12(2)15-16(6,7)13(3,4)5/h10-12H,8-9H2,1-7H3/t11-,12-/m1/s1. The fraction of sp³-hybridized carbons (Fsp3) is 0.923. The van der Waals surface area contributed by atoms with Gasteiger partial charge in [0.25, 0.3) is 0 Å². The summed E-state index contributed by atoms with van der Waals surface area (Å²) in [6.07, 6.45) is 3.20. The van der Waals surface area contributed by atoms with Gasteiger partial charge >= 0.3 is 0 Å². The predicted molar refractivity (Wildman–Crippen MR) is 72.2 cm³/mol. The van der Waals surface area contributed by atoms with E-state index >= 15 is 0 Å². The van der Waals surface area contributed by atoms with Crippen molar-refractivity contribution in [1.29, 1.82) is 0 Å². The molecule has 0 aliphatic rings. The molecule has 0 bridgehead atoms.